The van der Waals surface area contributed by atoms with Crippen LogP contribution in [0.15, 0.2) is 36.5 Å². The van der Waals surface area contributed by atoms with Gasteiger partial charge in [0.2, 0.25) is 5.91 Å². The summed E-state index contributed by atoms with van der Waals surface area (Å²) in [5.74, 6) is -0.330. The van der Waals surface area contributed by atoms with Crippen molar-refractivity contribution in [1.29, 1.82) is 0 Å². The zero-order valence-electron chi connectivity index (χ0n) is 12.1. The first-order chi connectivity index (χ1) is 10.1. The molecule has 0 aliphatic heterocycles. The van der Waals surface area contributed by atoms with E-state index >= 15 is 0 Å². The van der Waals surface area contributed by atoms with Gasteiger partial charge in [0, 0.05) is 31.0 Å². The van der Waals surface area contributed by atoms with Crippen LogP contribution in [0.2, 0.25) is 0 Å². The van der Waals surface area contributed by atoms with Gasteiger partial charge in [-0.2, -0.15) is 5.10 Å². The smallest absolute Gasteiger partial charge is 0.273 e. The molecule has 2 rings (SSSR count). The third-order valence-electron chi connectivity index (χ3n) is 2.85. The summed E-state index contributed by atoms with van der Waals surface area (Å²) in [4.78, 5) is 23.1. The van der Waals surface area contributed by atoms with Crippen molar-refractivity contribution in [2.75, 3.05) is 10.6 Å². The minimum Gasteiger partial charge on any atom is -0.326 e. The van der Waals surface area contributed by atoms with Crippen LogP contribution >= 0.6 is 0 Å². The summed E-state index contributed by atoms with van der Waals surface area (Å²) in [6.45, 7) is 4.19. The Hall–Kier alpha value is -2.63. The van der Waals surface area contributed by atoms with Crippen LogP contribution in [0.25, 0.3) is 0 Å². The predicted molar refractivity (Wildman–Crippen MR) is 81.2 cm³/mol. The van der Waals surface area contributed by atoms with E-state index in [1.54, 1.807) is 41.2 Å². The Morgan fingerprint density at radius 2 is 1.71 bits per heavy atom. The standard InChI is InChI=1S/C15H18N4O2/c1-3-10-19-14(8-9-16-19)15(21)18-13-6-4-12(5-7-13)17-11(2)20/h4-9H,3,10H2,1-2H3,(H,17,20)(H,18,21). The van der Waals surface area contributed by atoms with E-state index in [4.69, 9.17) is 0 Å². The molecule has 2 amide bonds. The number of rotatable bonds is 5. The van der Waals surface area contributed by atoms with Crippen LogP contribution in [0.4, 0.5) is 11.4 Å². The van der Waals surface area contributed by atoms with Gasteiger partial charge in [-0.15, -0.1) is 0 Å². The first kappa shape index (κ1) is 14.8. The first-order valence-electron chi connectivity index (χ1n) is 6.81. The Morgan fingerprint density at radius 3 is 2.29 bits per heavy atom. The normalized spacial score (nSPS) is 10.2. The molecule has 110 valence electrons. The first-order valence-corrected chi connectivity index (χ1v) is 6.81. The zero-order chi connectivity index (χ0) is 15.2. The molecule has 0 saturated heterocycles. The molecule has 1 aromatic heterocycles. The molecule has 6 heteroatoms. The van der Waals surface area contributed by atoms with Crippen LogP contribution in [-0.4, -0.2) is 21.6 Å². The van der Waals surface area contributed by atoms with Crippen molar-refractivity contribution in [3.05, 3.63) is 42.2 Å². The van der Waals surface area contributed by atoms with E-state index in [1.165, 1.54) is 6.92 Å². The Bertz CT molecular complexity index is 631. The summed E-state index contributed by atoms with van der Waals surface area (Å²) in [5.41, 5.74) is 1.89. The highest BCUT2D eigenvalue weighted by atomic mass is 16.2. The average molecular weight is 286 g/mol. The van der Waals surface area contributed by atoms with E-state index in [1.807, 2.05) is 6.92 Å². The lowest BCUT2D eigenvalue weighted by Crippen LogP contribution is -2.17. The van der Waals surface area contributed by atoms with Gasteiger partial charge in [-0.25, -0.2) is 0 Å². The van der Waals surface area contributed by atoms with E-state index in [2.05, 4.69) is 15.7 Å². The second-order valence-electron chi connectivity index (χ2n) is 4.65. The van der Waals surface area contributed by atoms with Crippen LogP contribution in [0, 0.1) is 0 Å². The number of hydrogen-bond acceptors (Lipinski definition) is 3. The number of carbonyl (C=O) groups is 2. The topological polar surface area (TPSA) is 76.0 Å². The molecule has 0 atom stereocenters. The molecule has 21 heavy (non-hydrogen) atoms. The van der Waals surface area contributed by atoms with E-state index in [9.17, 15) is 9.59 Å². The molecule has 2 N–H and O–H groups in total. The van der Waals surface area contributed by atoms with Crippen LogP contribution in [0.1, 0.15) is 30.8 Å². The Morgan fingerprint density at radius 1 is 1.10 bits per heavy atom. The molecule has 0 fully saturated rings. The monoisotopic (exact) mass is 286 g/mol. The van der Waals surface area contributed by atoms with E-state index in [0.29, 0.717) is 23.6 Å². The van der Waals surface area contributed by atoms with Crippen LogP contribution in [0.3, 0.4) is 0 Å². The molecule has 0 spiro atoms. The highest BCUT2D eigenvalue weighted by molar-refractivity contribution is 6.03. The fourth-order valence-corrected chi connectivity index (χ4v) is 1.95. The van der Waals surface area contributed by atoms with Gasteiger partial charge in [0.15, 0.2) is 0 Å². The molecule has 1 heterocycles. The number of aryl methyl sites for hydroxylation is 1. The lowest BCUT2D eigenvalue weighted by molar-refractivity contribution is -0.114. The van der Waals surface area contributed by atoms with Crippen molar-refractivity contribution in [2.45, 2.75) is 26.8 Å². The summed E-state index contributed by atoms with van der Waals surface area (Å²) < 4.78 is 1.68. The van der Waals surface area contributed by atoms with Crippen LogP contribution < -0.4 is 10.6 Å². The van der Waals surface area contributed by atoms with E-state index in [0.717, 1.165) is 6.42 Å². The van der Waals surface area contributed by atoms with Crippen LogP contribution in [0.5, 0.6) is 0 Å². The second kappa shape index (κ2) is 6.69. The maximum atomic E-state index is 12.2. The summed E-state index contributed by atoms with van der Waals surface area (Å²) in [7, 11) is 0. The summed E-state index contributed by atoms with van der Waals surface area (Å²) in [6.07, 6.45) is 2.53. The fraction of sp³-hybridized carbons (Fsp3) is 0.267. The SMILES string of the molecule is CCCn1nccc1C(=O)Nc1ccc(NC(C)=O)cc1. The van der Waals surface area contributed by atoms with E-state index in [-0.39, 0.29) is 11.8 Å². The molecule has 0 saturated carbocycles. The number of nitrogens with zero attached hydrogens (tertiary/aromatic N) is 2. The largest absolute Gasteiger partial charge is 0.326 e. The Balaban J connectivity index is 2.05. The van der Waals surface area contributed by atoms with Gasteiger partial charge in [0.1, 0.15) is 5.69 Å². The zero-order valence-corrected chi connectivity index (χ0v) is 12.1. The van der Waals surface area contributed by atoms with Gasteiger partial charge in [-0.05, 0) is 36.8 Å². The van der Waals surface area contributed by atoms with Crippen molar-refractivity contribution in [2.24, 2.45) is 0 Å². The molecule has 2 aromatic rings. The lowest BCUT2D eigenvalue weighted by atomic mass is 10.2. The molecule has 0 bridgehead atoms. The molecular weight excluding hydrogens is 268 g/mol. The van der Waals surface area contributed by atoms with Crippen molar-refractivity contribution in [3.63, 3.8) is 0 Å². The maximum Gasteiger partial charge on any atom is 0.273 e. The number of amides is 2. The Kier molecular flexibility index (Phi) is 4.71. The average Bonchev–Trinajstić information content (AvgIpc) is 2.89. The van der Waals surface area contributed by atoms with Gasteiger partial charge in [0.05, 0.1) is 0 Å². The fourth-order valence-electron chi connectivity index (χ4n) is 1.95. The maximum absolute atomic E-state index is 12.2. The van der Waals surface area contributed by atoms with Gasteiger partial charge in [-0.1, -0.05) is 6.92 Å². The third kappa shape index (κ3) is 3.92. The van der Waals surface area contributed by atoms with Crippen molar-refractivity contribution in [1.82, 2.24) is 9.78 Å². The van der Waals surface area contributed by atoms with Crippen molar-refractivity contribution >= 4 is 23.2 Å². The molecule has 1 aromatic carbocycles. The summed E-state index contributed by atoms with van der Waals surface area (Å²) in [5, 5.41) is 9.61. The molecule has 0 radical (unpaired) electrons. The highest BCUT2D eigenvalue weighted by Gasteiger charge is 2.11. The molecular formula is C15H18N4O2. The minimum absolute atomic E-state index is 0.129. The number of carbonyl (C=O) groups excluding carboxylic acids is 2. The minimum atomic E-state index is -0.201. The van der Waals surface area contributed by atoms with Crippen LogP contribution in [-0.2, 0) is 11.3 Å². The van der Waals surface area contributed by atoms with Crippen molar-refractivity contribution in [3.8, 4) is 0 Å². The molecule has 6 nitrogen and oxygen atoms in total. The van der Waals surface area contributed by atoms with Crippen molar-refractivity contribution < 1.29 is 9.59 Å². The Labute approximate surface area is 123 Å². The summed E-state index contributed by atoms with van der Waals surface area (Å²) in [6, 6.07) is 8.64. The number of hydrogen-bond donors (Lipinski definition) is 2. The molecule has 0 aliphatic rings. The van der Waals surface area contributed by atoms with Gasteiger partial charge >= 0.3 is 0 Å². The molecule has 0 unspecified atom stereocenters. The molecule has 0 aliphatic carbocycles. The number of anilines is 2. The van der Waals surface area contributed by atoms with E-state index < -0.39 is 0 Å². The quantitative estimate of drug-likeness (QED) is 0.886. The number of nitrogens with one attached hydrogen (secondary N) is 2. The van der Waals surface area contributed by atoms with Gasteiger partial charge in [-0.3, -0.25) is 14.3 Å². The number of aromatic nitrogens is 2. The second-order valence-corrected chi connectivity index (χ2v) is 4.65. The van der Waals surface area contributed by atoms with Gasteiger partial charge < -0.3 is 10.6 Å². The lowest BCUT2D eigenvalue weighted by Gasteiger charge is -2.08. The third-order valence-corrected chi connectivity index (χ3v) is 2.85. The van der Waals surface area contributed by atoms with Gasteiger partial charge in [0.25, 0.3) is 5.91 Å². The number of benzene rings is 1. The summed E-state index contributed by atoms with van der Waals surface area (Å²) >= 11 is 0. The highest BCUT2D eigenvalue weighted by Crippen LogP contribution is 2.14. The predicted octanol–water partition coefficient (Wildman–Crippen LogP) is 2.50.